The van der Waals surface area contributed by atoms with Gasteiger partial charge in [0.2, 0.25) is 0 Å². The fourth-order valence-corrected chi connectivity index (χ4v) is 1.80. The molecule has 0 aromatic heterocycles. The predicted octanol–water partition coefficient (Wildman–Crippen LogP) is 3.22. The first-order valence-corrected chi connectivity index (χ1v) is 5.90. The van der Waals surface area contributed by atoms with Gasteiger partial charge >= 0.3 is 6.09 Å². The van der Waals surface area contributed by atoms with E-state index >= 15 is 0 Å². The summed E-state index contributed by atoms with van der Waals surface area (Å²) in [5.74, 6) is 0. The molecule has 0 radical (unpaired) electrons. The van der Waals surface area contributed by atoms with Crippen molar-refractivity contribution in [1.82, 2.24) is 0 Å². The van der Waals surface area contributed by atoms with Gasteiger partial charge in [0, 0.05) is 14.9 Å². The molecule has 0 heterocycles. The number of hydrogen-bond donors (Lipinski definition) is 2. The molecule has 0 bridgehead atoms. The van der Waals surface area contributed by atoms with E-state index in [1.807, 2.05) is 32.9 Å². The van der Waals surface area contributed by atoms with Crippen LogP contribution in [0.25, 0.3) is 0 Å². The molecule has 4 nitrogen and oxygen atoms in total. The standard InChI is InChI=1S/C11H15IN2O2/c1-11(2,3)16-10(15)14-9-5-7(12)4-8(13)6-9/h4-6H,13H2,1-3H3,(H,14,15). The van der Waals surface area contributed by atoms with E-state index in [9.17, 15) is 4.79 Å². The highest BCUT2D eigenvalue weighted by atomic mass is 127. The van der Waals surface area contributed by atoms with E-state index in [2.05, 4.69) is 27.9 Å². The van der Waals surface area contributed by atoms with Crippen LogP contribution in [0, 0.1) is 3.57 Å². The lowest BCUT2D eigenvalue weighted by Crippen LogP contribution is -2.27. The maximum atomic E-state index is 11.5. The molecule has 0 spiro atoms. The molecule has 3 N–H and O–H groups in total. The van der Waals surface area contributed by atoms with Crippen LogP contribution in [-0.2, 0) is 4.74 Å². The molecule has 0 aliphatic heterocycles. The minimum atomic E-state index is -0.502. The van der Waals surface area contributed by atoms with Crippen molar-refractivity contribution in [3.05, 3.63) is 21.8 Å². The van der Waals surface area contributed by atoms with E-state index < -0.39 is 11.7 Å². The highest BCUT2D eigenvalue weighted by Gasteiger charge is 2.16. The average molecular weight is 334 g/mol. The second kappa shape index (κ2) is 4.90. The molecule has 5 heteroatoms. The van der Waals surface area contributed by atoms with Gasteiger partial charge in [0.05, 0.1) is 0 Å². The zero-order chi connectivity index (χ0) is 12.3. The number of carbonyl (C=O) groups is 1. The van der Waals surface area contributed by atoms with Crippen molar-refractivity contribution in [3.63, 3.8) is 0 Å². The molecular weight excluding hydrogens is 319 g/mol. The van der Waals surface area contributed by atoms with Crippen molar-refractivity contribution >= 4 is 40.1 Å². The van der Waals surface area contributed by atoms with Gasteiger partial charge in [0.25, 0.3) is 0 Å². The van der Waals surface area contributed by atoms with Crippen LogP contribution in [0.1, 0.15) is 20.8 Å². The zero-order valence-electron chi connectivity index (χ0n) is 9.50. The van der Waals surface area contributed by atoms with E-state index in [1.54, 1.807) is 6.07 Å². The third-order valence-corrected chi connectivity index (χ3v) is 2.19. The number of hydrogen-bond acceptors (Lipinski definition) is 3. The van der Waals surface area contributed by atoms with Gasteiger partial charge in [-0.3, -0.25) is 5.32 Å². The van der Waals surface area contributed by atoms with Crippen LogP contribution in [0.2, 0.25) is 0 Å². The minimum absolute atomic E-state index is 0.478. The molecule has 88 valence electrons. The van der Waals surface area contributed by atoms with Crippen molar-refractivity contribution in [2.45, 2.75) is 26.4 Å². The summed E-state index contributed by atoms with van der Waals surface area (Å²) >= 11 is 2.13. The Bertz CT molecular complexity index is 379. The van der Waals surface area contributed by atoms with Crippen LogP contribution in [0.4, 0.5) is 16.2 Å². The van der Waals surface area contributed by atoms with Crippen LogP contribution < -0.4 is 11.1 Å². The number of nitrogen functional groups attached to an aromatic ring is 1. The maximum absolute atomic E-state index is 11.5. The first-order chi connectivity index (χ1) is 7.26. The smallest absolute Gasteiger partial charge is 0.412 e. The number of anilines is 2. The molecule has 0 atom stereocenters. The number of nitrogens with one attached hydrogen (secondary N) is 1. The molecule has 0 aliphatic rings. The molecule has 0 saturated heterocycles. The highest BCUT2D eigenvalue weighted by molar-refractivity contribution is 14.1. The monoisotopic (exact) mass is 334 g/mol. The molecule has 0 saturated carbocycles. The third kappa shape index (κ3) is 4.69. The van der Waals surface area contributed by atoms with Crippen LogP contribution in [-0.4, -0.2) is 11.7 Å². The number of rotatable bonds is 1. The van der Waals surface area contributed by atoms with Gasteiger partial charge in [0.1, 0.15) is 5.60 Å². The summed E-state index contributed by atoms with van der Waals surface area (Å²) in [4.78, 5) is 11.5. The number of halogens is 1. The van der Waals surface area contributed by atoms with Crippen molar-refractivity contribution in [2.75, 3.05) is 11.1 Å². The Morgan fingerprint density at radius 3 is 2.50 bits per heavy atom. The highest BCUT2D eigenvalue weighted by Crippen LogP contribution is 2.19. The van der Waals surface area contributed by atoms with Crippen LogP contribution >= 0.6 is 22.6 Å². The molecule has 1 amide bonds. The zero-order valence-corrected chi connectivity index (χ0v) is 11.7. The fraction of sp³-hybridized carbons (Fsp3) is 0.364. The Labute approximate surface area is 109 Å². The van der Waals surface area contributed by atoms with E-state index in [0.717, 1.165) is 3.57 Å². The summed E-state index contributed by atoms with van der Waals surface area (Å²) in [6, 6.07) is 5.33. The Morgan fingerprint density at radius 2 is 2.00 bits per heavy atom. The first-order valence-electron chi connectivity index (χ1n) is 4.82. The average Bonchev–Trinajstić information content (AvgIpc) is 1.96. The Morgan fingerprint density at radius 1 is 1.38 bits per heavy atom. The van der Waals surface area contributed by atoms with E-state index in [1.165, 1.54) is 0 Å². The summed E-state index contributed by atoms with van der Waals surface area (Å²) in [5.41, 5.74) is 6.41. The SMILES string of the molecule is CC(C)(C)OC(=O)Nc1cc(N)cc(I)c1. The second-order valence-electron chi connectivity index (χ2n) is 4.40. The lowest BCUT2D eigenvalue weighted by atomic mass is 10.2. The normalized spacial score (nSPS) is 11.0. The van der Waals surface area contributed by atoms with Crippen molar-refractivity contribution in [1.29, 1.82) is 0 Å². The maximum Gasteiger partial charge on any atom is 0.412 e. The van der Waals surface area contributed by atoms with Gasteiger partial charge in [-0.1, -0.05) is 0 Å². The van der Waals surface area contributed by atoms with Gasteiger partial charge in [-0.2, -0.15) is 0 Å². The topological polar surface area (TPSA) is 64.3 Å². The summed E-state index contributed by atoms with van der Waals surface area (Å²) in [6.07, 6.45) is -0.478. The molecule has 1 aromatic carbocycles. The predicted molar refractivity (Wildman–Crippen MR) is 73.4 cm³/mol. The summed E-state index contributed by atoms with van der Waals surface area (Å²) in [5, 5.41) is 2.63. The minimum Gasteiger partial charge on any atom is -0.444 e. The molecule has 0 unspecified atom stereocenters. The number of nitrogens with two attached hydrogens (primary N) is 1. The quantitative estimate of drug-likeness (QED) is 0.612. The molecule has 0 aliphatic carbocycles. The van der Waals surface area contributed by atoms with Crippen LogP contribution in [0.5, 0.6) is 0 Å². The molecular formula is C11H15IN2O2. The van der Waals surface area contributed by atoms with Gasteiger partial charge in [-0.15, -0.1) is 0 Å². The van der Waals surface area contributed by atoms with Gasteiger partial charge in [0.15, 0.2) is 0 Å². The Kier molecular flexibility index (Phi) is 4.01. The number of carbonyl (C=O) groups excluding carboxylic acids is 1. The second-order valence-corrected chi connectivity index (χ2v) is 5.65. The van der Waals surface area contributed by atoms with Gasteiger partial charge in [-0.25, -0.2) is 4.79 Å². The lowest BCUT2D eigenvalue weighted by molar-refractivity contribution is 0.0636. The van der Waals surface area contributed by atoms with Crippen LogP contribution in [0.15, 0.2) is 18.2 Å². The largest absolute Gasteiger partial charge is 0.444 e. The molecule has 0 fully saturated rings. The third-order valence-electron chi connectivity index (χ3n) is 1.57. The molecule has 16 heavy (non-hydrogen) atoms. The number of benzene rings is 1. The van der Waals surface area contributed by atoms with E-state index in [4.69, 9.17) is 10.5 Å². The number of amides is 1. The Hall–Kier alpha value is -0.980. The van der Waals surface area contributed by atoms with Crippen molar-refractivity contribution in [2.24, 2.45) is 0 Å². The summed E-state index contributed by atoms with van der Waals surface area (Å²) in [6.45, 7) is 5.45. The van der Waals surface area contributed by atoms with Gasteiger partial charge in [-0.05, 0) is 61.6 Å². The van der Waals surface area contributed by atoms with Crippen molar-refractivity contribution in [3.8, 4) is 0 Å². The van der Waals surface area contributed by atoms with E-state index in [0.29, 0.717) is 11.4 Å². The van der Waals surface area contributed by atoms with Crippen LogP contribution in [0.3, 0.4) is 0 Å². The lowest BCUT2D eigenvalue weighted by Gasteiger charge is -2.19. The molecule has 1 aromatic rings. The number of ether oxygens (including phenoxy) is 1. The fourth-order valence-electron chi connectivity index (χ4n) is 1.11. The van der Waals surface area contributed by atoms with Gasteiger partial charge < -0.3 is 10.5 Å². The molecule has 1 rings (SSSR count). The van der Waals surface area contributed by atoms with Crippen molar-refractivity contribution < 1.29 is 9.53 Å². The summed E-state index contributed by atoms with van der Waals surface area (Å²) in [7, 11) is 0. The first kappa shape index (κ1) is 13.1. The summed E-state index contributed by atoms with van der Waals surface area (Å²) < 4.78 is 6.09. The van der Waals surface area contributed by atoms with E-state index in [-0.39, 0.29) is 0 Å². The Balaban J connectivity index is 2.70.